The van der Waals surface area contributed by atoms with Gasteiger partial charge in [0, 0.05) is 12.1 Å². The molecule has 0 atom stereocenters. The maximum Gasteiger partial charge on any atom is 0.341 e. The van der Waals surface area contributed by atoms with Gasteiger partial charge in [0.05, 0.1) is 10.5 Å². The van der Waals surface area contributed by atoms with Crippen LogP contribution in [0.5, 0.6) is 0 Å². The highest BCUT2D eigenvalue weighted by Gasteiger charge is 2.30. The van der Waals surface area contributed by atoms with Crippen LogP contribution in [0.3, 0.4) is 0 Å². The first-order chi connectivity index (χ1) is 10.7. The zero-order valence-electron chi connectivity index (χ0n) is 12.5. The average molecular weight is 343 g/mol. The van der Waals surface area contributed by atoms with Gasteiger partial charge < -0.3 is 9.73 Å². The van der Waals surface area contributed by atoms with Crippen LogP contribution in [0.15, 0.2) is 39.6 Å². The molecule has 0 aliphatic heterocycles. The minimum absolute atomic E-state index is 0.102. The molecule has 0 saturated carbocycles. The van der Waals surface area contributed by atoms with E-state index in [1.807, 2.05) is 0 Å². The Kier molecular flexibility index (Phi) is 4.84. The molecule has 1 N–H and O–H groups in total. The van der Waals surface area contributed by atoms with Crippen molar-refractivity contribution in [2.75, 3.05) is 0 Å². The lowest BCUT2D eigenvalue weighted by Crippen LogP contribution is -2.26. The molecule has 1 amide bonds. The third-order valence-corrected chi connectivity index (χ3v) is 4.69. The third kappa shape index (κ3) is 3.58. The predicted octanol–water partition coefficient (Wildman–Crippen LogP) is 2.82. The summed E-state index contributed by atoms with van der Waals surface area (Å²) in [6, 6.07) is 6.61. The van der Waals surface area contributed by atoms with Crippen molar-refractivity contribution in [3.05, 3.63) is 53.0 Å². The van der Waals surface area contributed by atoms with Crippen LogP contribution in [0.2, 0.25) is 0 Å². The summed E-state index contributed by atoms with van der Waals surface area (Å²) in [6.07, 6.45) is 0. The Labute approximate surface area is 132 Å². The van der Waals surface area contributed by atoms with Gasteiger partial charge in [-0.3, -0.25) is 4.79 Å². The largest absolute Gasteiger partial charge is 0.466 e. The van der Waals surface area contributed by atoms with Crippen LogP contribution in [-0.2, 0) is 16.4 Å². The molecule has 0 aliphatic rings. The number of carbonyl (C=O) groups excluding carboxylic acids is 1. The van der Waals surface area contributed by atoms with Crippen molar-refractivity contribution >= 4 is 15.7 Å². The summed E-state index contributed by atoms with van der Waals surface area (Å²) in [5, 5.41) is 2.51. The van der Waals surface area contributed by atoms with E-state index < -0.39 is 26.4 Å². The third-order valence-electron chi connectivity index (χ3n) is 3.26. The molecule has 5 nitrogen and oxygen atoms in total. The van der Waals surface area contributed by atoms with E-state index in [2.05, 4.69) is 5.32 Å². The number of alkyl halides is 2. The second-order valence-corrected chi connectivity index (χ2v) is 6.81. The molecule has 0 bridgehead atoms. The molecule has 8 heteroatoms. The fourth-order valence-electron chi connectivity index (χ4n) is 2.13. The summed E-state index contributed by atoms with van der Waals surface area (Å²) < 4.78 is 54.0. The van der Waals surface area contributed by atoms with Crippen molar-refractivity contribution in [1.82, 2.24) is 5.32 Å². The molecule has 23 heavy (non-hydrogen) atoms. The van der Waals surface area contributed by atoms with E-state index >= 15 is 0 Å². The van der Waals surface area contributed by atoms with Crippen LogP contribution in [0.1, 0.15) is 27.4 Å². The van der Waals surface area contributed by atoms with Crippen LogP contribution in [0.25, 0.3) is 0 Å². The molecule has 0 saturated heterocycles. The average Bonchev–Trinajstić information content (AvgIpc) is 2.82. The van der Waals surface area contributed by atoms with Gasteiger partial charge in [-0.2, -0.15) is 8.78 Å². The minimum Gasteiger partial charge on any atom is -0.466 e. The van der Waals surface area contributed by atoms with Crippen LogP contribution >= 0.6 is 0 Å². The maximum absolute atomic E-state index is 12.7. The van der Waals surface area contributed by atoms with Crippen molar-refractivity contribution in [2.45, 2.75) is 31.0 Å². The van der Waals surface area contributed by atoms with Gasteiger partial charge >= 0.3 is 5.76 Å². The van der Waals surface area contributed by atoms with Gasteiger partial charge in [0.25, 0.3) is 5.91 Å². The Morgan fingerprint density at radius 3 is 2.48 bits per heavy atom. The van der Waals surface area contributed by atoms with Crippen molar-refractivity contribution in [3.63, 3.8) is 0 Å². The SMILES string of the molecule is Cc1cc(CNC(=O)c2ccccc2S(=O)(=O)C(F)F)c(C)o1. The molecule has 0 unspecified atom stereocenters. The molecular weight excluding hydrogens is 328 g/mol. The van der Waals surface area contributed by atoms with Crippen LogP contribution < -0.4 is 5.32 Å². The number of benzene rings is 1. The van der Waals surface area contributed by atoms with E-state index in [9.17, 15) is 22.0 Å². The van der Waals surface area contributed by atoms with Gasteiger partial charge in [-0.1, -0.05) is 12.1 Å². The van der Waals surface area contributed by atoms with Crippen molar-refractivity contribution < 1.29 is 26.4 Å². The van der Waals surface area contributed by atoms with Gasteiger partial charge in [-0.05, 0) is 32.0 Å². The summed E-state index contributed by atoms with van der Waals surface area (Å²) >= 11 is 0. The van der Waals surface area contributed by atoms with Gasteiger partial charge in [-0.25, -0.2) is 8.42 Å². The lowest BCUT2D eigenvalue weighted by atomic mass is 10.2. The summed E-state index contributed by atoms with van der Waals surface area (Å²) in [4.78, 5) is 11.5. The summed E-state index contributed by atoms with van der Waals surface area (Å²) in [6.45, 7) is 3.58. The normalized spacial score (nSPS) is 11.7. The van der Waals surface area contributed by atoms with Crippen molar-refractivity contribution in [3.8, 4) is 0 Å². The highest BCUT2D eigenvalue weighted by molar-refractivity contribution is 7.91. The monoisotopic (exact) mass is 343 g/mol. The van der Waals surface area contributed by atoms with Gasteiger partial charge in [0.2, 0.25) is 9.84 Å². The van der Waals surface area contributed by atoms with E-state index in [0.29, 0.717) is 11.5 Å². The molecule has 0 aliphatic carbocycles. The van der Waals surface area contributed by atoms with E-state index in [-0.39, 0.29) is 12.1 Å². The molecule has 2 rings (SSSR count). The first-order valence-corrected chi connectivity index (χ1v) is 8.23. The molecule has 0 spiro atoms. The van der Waals surface area contributed by atoms with E-state index in [1.54, 1.807) is 19.9 Å². The second-order valence-electron chi connectivity index (χ2n) is 4.92. The molecule has 1 aromatic heterocycles. The Bertz CT molecular complexity index is 828. The Morgan fingerprint density at radius 2 is 1.91 bits per heavy atom. The summed E-state index contributed by atoms with van der Waals surface area (Å²) in [5.41, 5.74) is 0.413. The molecule has 0 fully saturated rings. The number of nitrogens with one attached hydrogen (secondary N) is 1. The van der Waals surface area contributed by atoms with E-state index in [4.69, 9.17) is 4.42 Å². The lowest BCUT2D eigenvalue weighted by molar-refractivity contribution is 0.0947. The van der Waals surface area contributed by atoms with Crippen LogP contribution in [0, 0.1) is 13.8 Å². The van der Waals surface area contributed by atoms with E-state index in [1.165, 1.54) is 18.2 Å². The number of carbonyl (C=O) groups is 1. The Hall–Kier alpha value is -2.22. The smallest absolute Gasteiger partial charge is 0.341 e. The number of aryl methyl sites for hydroxylation is 2. The first kappa shape index (κ1) is 17.1. The predicted molar refractivity (Wildman–Crippen MR) is 79.0 cm³/mol. The van der Waals surface area contributed by atoms with E-state index in [0.717, 1.165) is 11.6 Å². The minimum atomic E-state index is -4.85. The second kappa shape index (κ2) is 6.49. The molecule has 124 valence electrons. The topological polar surface area (TPSA) is 76.4 Å². The number of amides is 1. The number of hydrogen-bond acceptors (Lipinski definition) is 4. The first-order valence-electron chi connectivity index (χ1n) is 6.68. The fraction of sp³-hybridized carbons (Fsp3) is 0.267. The maximum atomic E-state index is 12.7. The quantitative estimate of drug-likeness (QED) is 0.906. The van der Waals surface area contributed by atoms with Gasteiger partial charge in [0.15, 0.2) is 0 Å². The molecule has 1 heterocycles. The zero-order valence-corrected chi connectivity index (χ0v) is 13.3. The lowest BCUT2D eigenvalue weighted by Gasteiger charge is -2.10. The number of hydrogen-bond donors (Lipinski definition) is 1. The fourth-order valence-corrected chi connectivity index (χ4v) is 3.06. The molecular formula is C15H15F2NO4S. The molecule has 2 aromatic rings. The Balaban J connectivity index is 2.25. The van der Waals surface area contributed by atoms with Crippen LogP contribution in [-0.4, -0.2) is 20.1 Å². The number of halogens is 2. The number of furan rings is 1. The van der Waals surface area contributed by atoms with Crippen LogP contribution in [0.4, 0.5) is 8.78 Å². The number of sulfone groups is 1. The highest BCUT2D eigenvalue weighted by Crippen LogP contribution is 2.22. The number of rotatable bonds is 5. The standard InChI is InChI=1S/C15H15F2NO4S/c1-9-7-11(10(2)22-9)8-18-14(19)12-5-3-4-6-13(12)23(20,21)15(16)17/h3-7,15H,8H2,1-2H3,(H,18,19). The summed E-state index contributed by atoms with van der Waals surface area (Å²) in [5.74, 6) is -3.04. The highest BCUT2D eigenvalue weighted by atomic mass is 32.2. The van der Waals surface area contributed by atoms with Crippen molar-refractivity contribution in [2.24, 2.45) is 0 Å². The van der Waals surface area contributed by atoms with Gasteiger partial charge in [-0.15, -0.1) is 0 Å². The molecule has 0 radical (unpaired) electrons. The van der Waals surface area contributed by atoms with Crippen molar-refractivity contribution in [1.29, 1.82) is 0 Å². The zero-order chi connectivity index (χ0) is 17.2. The Morgan fingerprint density at radius 1 is 1.26 bits per heavy atom. The van der Waals surface area contributed by atoms with Gasteiger partial charge in [0.1, 0.15) is 11.5 Å². The molecule has 1 aromatic carbocycles. The summed E-state index contributed by atoms with van der Waals surface area (Å²) in [7, 11) is -4.85.